The molecule has 0 amide bonds. The van der Waals surface area contributed by atoms with Crippen LogP contribution in [0.4, 0.5) is 13.2 Å². The molecule has 0 bridgehead atoms. The van der Waals surface area contributed by atoms with Gasteiger partial charge in [0.1, 0.15) is 0 Å². The quantitative estimate of drug-likeness (QED) is 0.284. The molecule has 2 N–H and O–H groups in total. The van der Waals surface area contributed by atoms with Gasteiger partial charge in [0.05, 0.1) is 6.54 Å². The number of nitrogens with zero attached hydrogens (tertiary/aromatic N) is 4. The van der Waals surface area contributed by atoms with E-state index in [1.54, 1.807) is 0 Å². The lowest BCUT2D eigenvalue weighted by Crippen LogP contribution is -2.47. The molecule has 0 saturated carbocycles. The minimum atomic E-state index is -4.13. The van der Waals surface area contributed by atoms with Gasteiger partial charge in [-0.25, -0.2) is 0 Å². The van der Waals surface area contributed by atoms with Crippen LogP contribution < -0.4 is 10.6 Å². The molecule has 0 radical (unpaired) electrons. The molecule has 2 rings (SSSR count). The Bertz CT molecular complexity index is 483. The molecule has 2 heterocycles. The fraction of sp³-hybridized carbons (Fsp3) is 0.947. The van der Waals surface area contributed by atoms with Crippen LogP contribution in [-0.4, -0.2) is 105 Å². The Hall–Kier alpha value is -0.330. The number of rotatable bonds is 8. The molecule has 2 saturated heterocycles. The fourth-order valence-corrected chi connectivity index (χ4v) is 3.89. The van der Waals surface area contributed by atoms with Gasteiger partial charge >= 0.3 is 6.18 Å². The van der Waals surface area contributed by atoms with Crippen molar-refractivity contribution in [3.8, 4) is 0 Å². The van der Waals surface area contributed by atoms with Crippen molar-refractivity contribution in [3.63, 3.8) is 0 Å². The van der Waals surface area contributed by atoms with Crippen molar-refractivity contribution >= 4 is 29.9 Å². The van der Waals surface area contributed by atoms with E-state index in [1.807, 2.05) is 6.92 Å². The Labute approximate surface area is 190 Å². The first-order valence-electron chi connectivity index (χ1n) is 10.6. The molecule has 2 unspecified atom stereocenters. The lowest BCUT2D eigenvalue weighted by atomic mass is 10.1. The number of likely N-dealkylation sites (N-methyl/N-ethyl adjacent to an activating group) is 1. The van der Waals surface area contributed by atoms with E-state index >= 15 is 0 Å². The van der Waals surface area contributed by atoms with Crippen LogP contribution in [0.1, 0.15) is 27.2 Å². The number of likely N-dealkylation sites (tertiary alicyclic amines) is 1. The third-order valence-corrected chi connectivity index (χ3v) is 5.40. The highest BCUT2D eigenvalue weighted by molar-refractivity contribution is 14.0. The van der Waals surface area contributed by atoms with Crippen LogP contribution in [-0.2, 0) is 0 Å². The number of aliphatic imine (C=N–C) groups is 1. The van der Waals surface area contributed by atoms with E-state index in [2.05, 4.69) is 39.3 Å². The molecule has 2 aliphatic rings. The van der Waals surface area contributed by atoms with Crippen LogP contribution in [0.25, 0.3) is 0 Å². The SMILES string of the molecule is CCNC(=NCC(C)CN1CCN(CC)CC1)NC1CCN(CC(F)(F)F)C1.I. The van der Waals surface area contributed by atoms with Gasteiger partial charge in [0, 0.05) is 64.9 Å². The highest BCUT2D eigenvalue weighted by Crippen LogP contribution is 2.19. The molecular weight excluding hydrogens is 496 g/mol. The summed E-state index contributed by atoms with van der Waals surface area (Å²) >= 11 is 0. The minimum Gasteiger partial charge on any atom is -0.357 e. The van der Waals surface area contributed by atoms with E-state index in [-0.39, 0.29) is 30.0 Å². The Morgan fingerprint density at radius 2 is 1.72 bits per heavy atom. The average Bonchev–Trinajstić information content (AvgIpc) is 3.05. The van der Waals surface area contributed by atoms with Gasteiger partial charge in [0.15, 0.2) is 5.96 Å². The molecule has 0 aliphatic carbocycles. The number of piperazine rings is 1. The van der Waals surface area contributed by atoms with Crippen molar-refractivity contribution in [3.05, 3.63) is 0 Å². The van der Waals surface area contributed by atoms with E-state index in [0.717, 1.165) is 45.8 Å². The third kappa shape index (κ3) is 10.5. The predicted molar refractivity (Wildman–Crippen MR) is 123 cm³/mol. The van der Waals surface area contributed by atoms with Crippen LogP contribution >= 0.6 is 24.0 Å². The van der Waals surface area contributed by atoms with Gasteiger partial charge in [-0.2, -0.15) is 13.2 Å². The molecule has 0 aromatic heterocycles. The van der Waals surface area contributed by atoms with Gasteiger partial charge in [-0.1, -0.05) is 13.8 Å². The summed E-state index contributed by atoms with van der Waals surface area (Å²) in [5, 5.41) is 6.54. The number of hydrogen-bond acceptors (Lipinski definition) is 4. The summed E-state index contributed by atoms with van der Waals surface area (Å²) in [5.41, 5.74) is 0. The topological polar surface area (TPSA) is 46.1 Å². The third-order valence-electron chi connectivity index (χ3n) is 5.40. The van der Waals surface area contributed by atoms with Crippen molar-refractivity contribution in [2.75, 3.05) is 72.0 Å². The van der Waals surface area contributed by atoms with Crippen molar-refractivity contribution in [1.29, 1.82) is 0 Å². The highest BCUT2D eigenvalue weighted by atomic mass is 127. The summed E-state index contributed by atoms with van der Waals surface area (Å²) in [7, 11) is 0. The van der Waals surface area contributed by atoms with Crippen molar-refractivity contribution < 1.29 is 13.2 Å². The average molecular weight is 534 g/mol. The lowest BCUT2D eigenvalue weighted by Gasteiger charge is -2.35. The van der Waals surface area contributed by atoms with E-state index in [4.69, 9.17) is 0 Å². The van der Waals surface area contributed by atoms with Crippen LogP contribution in [0.5, 0.6) is 0 Å². The monoisotopic (exact) mass is 534 g/mol. The first-order valence-corrected chi connectivity index (χ1v) is 10.6. The molecule has 29 heavy (non-hydrogen) atoms. The van der Waals surface area contributed by atoms with Crippen LogP contribution in [0.3, 0.4) is 0 Å². The molecular formula is C19H38F3IN6. The van der Waals surface area contributed by atoms with Crippen LogP contribution in [0.2, 0.25) is 0 Å². The summed E-state index contributed by atoms with van der Waals surface area (Å²) < 4.78 is 37.7. The maximum Gasteiger partial charge on any atom is 0.401 e. The summed E-state index contributed by atoms with van der Waals surface area (Å²) in [6, 6.07) is 0.0116. The second-order valence-corrected chi connectivity index (χ2v) is 8.04. The van der Waals surface area contributed by atoms with E-state index in [1.165, 1.54) is 4.90 Å². The van der Waals surface area contributed by atoms with Gasteiger partial charge in [-0.3, -0.25) is 9.89 Å². The Morgan fingerprint density at radius 3 is 2.31 bits per heavy atom. The standard InChI is InChI=1S/C19H37F3N6.HI/c1-4-23-18(25-17-6-7-28(14-17)15-19(20,21)22)24-12-16(3)13-27-10-8-26(5-2)9-11-27;/h16-17H,4-15H2,1-3H3,(H2,23,24,25);1H. The number of hydrogen-bond donors (Lipinski definition) is 2. The molecule has 172 valence electrons. The van der Waals surface area contributed by atoms with Gasteiger partial charge in [-0.15, -0.1) is 24.0 Å². The summed E-state index contributed by atoms with van der Waals surface area (Å²) in [5.74, 6) is 1.15. The molecule has 0 aromatic rings. The second kappa shape index (κ2) is 13.2. The predicted octanol–water partition coefficient (Wildman–Crippen LogP) is 2.07. The zero-order valence-corrected chi connectivity index (χ0v) is 20.3. The van der Waals surface area contributed by atoms with Crippen molar-refractivity contribution in [2.45, 2.75) is 39.4 Å². The van der Waals surface area contributed by atoms with Crippen molar-refractivity contribution in [2.24, 2.45) is 10.9 Å². The van der Waals surface area contributed by atoms with Gasteiger partial charge < -0.3 is 20.4 Å². The number of halogens is 4. The van der Waals surface area contributed by atoms with Gasteiger partial charge in [-0.05, 0) is 25.8 Å². The van der Waals surface area contributed by atoms with Crippen LogP contribution in [0, 0.1) is 5.92 Å². The zero-order chi connectivity index (χ0) is 20.6. The van der Waals surface area contributed by atoms with Crippen molar-refractivity contribution in [1.82, 2.24) is 25.3 Å². The first kappa shape index (κ1) is 26.7. The second-order valence-electron chi connectivity index (χ2n) is 8.04. The molecule has 2 fully saturated rings. The minimum absolute atomic E-state index is 0. The number of alkyl halides is 3. The summed E-state index contributed by atoms with van der Waals surface area (Å²) in [6.45, 7) is 14.5. The van der Waals surface area contributed by atoms with Gasteiger partial charge in [0.25, 0.3) is 0 Å². The number of guanidine groups is 1. The largest absolute Gasteiger partial charge is 0.401 e. The Balaban J connectivity index is 0.00000420. The Morgan fingerprint density at radius 1 is 1.07 bits per heavy atom. The first-order chi connectivity index (χ1) is 13.3. The van der Waals surface area contributed by atoms with Crippen LogP contribution in [0.15, 0.2) is 4.99 Å². The van der Waals surface area contributed by atoms with E-state index in [9.17, 15) is 13.2 Å². The number of nitrogens with one attached hydrogen (secondary N) is 2. The van der Waals surface area contributed by atoms with E-state index in [0.29, 0.717) is 37.9 Å². The maximum atomic E-state index is 12.6. The fourth-order valence-electron chi connectivity index (χ4n) is 3.89. The molecule has 10 heteroatoms. The molecule has 2 aliphatic heterocycles. The summed E-state index contributed by atoms with van der Waals surface area (Å²) in [4.78, 5) is 11.1. The van der Waals surface area contributed by atoms with E-state index < -0.39 is 12.7 Å². The highest BCUT2D eigenvalue weighted by Gasteiger charge is 2.34. The zero-order valence-electron chi connectivity index (χ0n) is 18.0. The molecule has 0 spiro atoms. The normalized spacial score (nSPS) is 23.7. The smallest absolute Gasteiger partial charge is 0.357 e. The summed E-state index contributed by atoms with van der Waals surface area (Å²) in [6.07, 6.45) is -3.43. The lowest BCUT2D eigenvalue weighted by molar-refractivity contribution is -0.143. The maximum absolute atomic E-state index is 12.6. The van der Waals surface area contributed by atoms with Gasteiger partial charge in [0.2, 0.25) is 0 Å². The Kier molecular flexibility index (Phi) is 12.1. The molecule has 6 nitrogen and oxygen atoms in total. The molecule has 2 atom stereocenters. The molecule has 0 aromatic carbocycles.